The Morgan fingerprint density at radius 1 is 1.30 bits per heavy atom. The average molecular weight is 441 g/mol. The van der Waals surface area contributed by atoms with E-state index in [1.165, 1.54) is 0 Å². The van der Waals surface area contributed by atoms with Crippen LogP contribution in [0.2, 0.25) is 8.67 Å². The Bertz CT molecular complexity index is 1070. The van der Waals surface area contributed by atoms with Crippen LogP contribution in [0, 0.1) is 13.8 Å². The monoisotopic (exact) mass is 440 g/mol. The second kappa shape index (κ2) is 8.43. The van der Waals surface area contributed by atoms with Crippen LogP contribution in [0.1, 0.15) is 11.1 Å². The van der Waals surface area contributed by atoms with Crippen LogP contribution in [0.5, 0.6) is 0 Å². The van der Waals surface area contributed by atoms with Crippen LogP contribution < -0.4 is 10.9 Å². The summed E-state index contributed by atoms with van der Waals surface area (Å²) in [5.74, 6) is -0.115. The first-order chi connectivity index (χ1) is 12.8. The van der Waals surface area contributed by atoms with E-state index in [1.54, 1.807) is 6.07 Å². The summed E-state index contributed by atoms with van der Waals surface area (Å²) in [6.45, 7) is 3.93. The molecule has 2 heterocycles. The van der Waals surface area contributed by atoms with Crippen molar-refractivity contribution in [3.63, 3.8) is 0 Å². The number of aromatic amines is 1. The highest BCUT2D eigenvalue weighted by molar-refractivity contribution is 7.99. The molecule has 0 radical (unpaired) electrons. The molecular weight excluding hydrogens is 427 g/mol. The topological polar surface area (TPSA) is 87.7 Å². The first-order valence-electron chi connectivity index (χ1n) is 7.76. The van der Waals surface area contributed by atoms with Crippen molar-refractivity contribution in [2.45, 2.75) is 19.0 Å². The van der Waals surface area contributed by atoms with Gasteiger partial charge in [-0.25, -0.2) is 0 Å². The third kappa shape index (κ3) is 4.70. The zero-order valence-electron chi connectivity index (χ0n) is 14.3. The number of rotatable bonds is 5. The number of thioether (sulfide) groups is 1. The van der Waals surface area contributed by atoms with E-state index in [2.05, 4.69) is 20.5 Å². The van der Waals surface area contributed by atoms with E-state index in [1.807, 2.05) is 32.0 Å². The minimum absolute atomic E-state index is 0.0857. The van der Waals surface area contributed by atoms with E-state index < -0.39 is 5.56 Å². The standard InChI is InChI=1S/C17H14Cl2N4O2S2/c1-8-4-3-5-11(9(8)2)20-13(24)7-26-17-21-16(25)14(22-23-17)10-6-12(18)27-15(10)19/h3-6H,7H2,1-2H3,(H,20,24)(H,21,23,25). The minimum atomic E-state index is -0.446. The van der Waals surface area contributed by atoms with Gasteiger partial charge in [-0.2, -0.15) is 0 Å². The largest absolute Gasteiger partial charge is 0.325 e. The van der Waals surface area contributed by atoms with Crippen LogP contribution in [0.4, 0.5) is 5.69 Å². The first-order valence-corrected chi connectivity index (χ1v) is 10.3. The van der Waals surface area contributed by atoms with Crippen molar-refractivity contribution >= 4 is 57.9 Å². The predicted molar refractivity (Wildman–Crippen MR) is 111 cm³/mol. The Morgan fingerprint density at radius 3 is 2.74 bits per heavy atom. The zero-order chi connectivity index (χ0) is 19.6. The number of amides is 1. The summed E-state index contributed by atoms with van der Waals surface area (Å²) in [6.07, 6.45) is 0. The molecule has 0 aliphatic carbocycles. The number of aromatic nitrogens is 3. The summed E-state index contributed by atoms with van der Waals surface area (Å²) < 4.78 is 0.825. The van der Waals surface area contributed by atoms with Crippen molar-refractivity contribution in [1.82, 2.24) is 15.2 Å². The Hall–Kier alpha value is -1.87. The maximum atomic E-state index is 12.3. The van der Waals surface area contributed by atoms with Gasteiger partial charge >= 0.3 is 0 Å². The number of H-pyrrole nitrogens is 1. The number of anilines is 1. The van der Waals surface area contributed by atoms with Gasteiger partial charge in [-0.3, -0.25) is 14.6 Å². The van der Waals surface area contributed by atoms with Gasteiger partial charge in [0.05, 0.1) is 10.1 Å². The van der Waals surface area contributed by atoms with Crippen molar-refractivity contribution in [3.05, 3.63) is 54.4 Å². The number of hydrogen-bond donors (Lipinski definition) is 2. The molecule has 0 aliphatic heterocycles. The Morgan fingerprint density at radius 2 is 2.07 bits per heavy atom. The van der Waals surface area contributed by atoms with Gasteiger partial charge in [0.15, 0.2) is 10.9 Å². The molecule has 140 valence electrons. The van der Waals surface area contributed by atoms with E-state index in [0.717, 1.165) is 39.9 Å². The Labute approximate surface area is 173 Å². The summed E-state index contributed by atoms with van der Waals surface area (Å²) >= 11 is 14.2. The van der Waals surface area contributed by atoms with Gasteiger partial charge in [-0.05, 0) is 37.1 Å². The van der Waals surface area contributed by atoms with Crippen molar-refractivity contribution in [2.75, 3.05) is 11.1 Å². The van der Waals surface area contributed by atoms with Gasteiger partial charge in [0.25, 0.3) is 5.56 Å². The lowest BCUT2D eigenvalue weighted by molar-refractivity contribution is -0.113. The van der Waals surface area contributed by atoms with Crippen LogP contribution in [0.15, 0.2) is 34.2 Å². The van der Waals surface area contributed by atoms with E-state index in [9.17, 15) is 9.59 Å². The molecule has 0 unspecified atom stereocenters. The van der Waals surface area contributed by atoms with Crippen LogP contribution in [0.25, 0.3) is 11.3 Å². The summed E-state index contributed by atoms with van der Waals surface area (Å²) in [5, 5.41) is 11.0. The second-order valence-electron chi connectivity index (χ2n) is 5.63. The SMILES string of the molecule is Cc1cccc(NC(=O)CSc2nnc(-c3cc(Cl)sc3Cl)c(=O)[nH]2)c1C. The lowest BCUT2D eigenvalue weighted by Gasteiger charge is -2.09. The highest BCUT2D eigenvalue weighted by Crippen LogP contribution is 2.36. The van der Waals surface area contributed by atoms with Gasteiger partial charge in [0.2, 0.25) is 5.91 Å². The molecule has 10 heteroatoms. The second-order valence-corrected chi connectivity index (χ2v) is 8.88. The highest BCUT2D eigenvalue weighted by Gasteiger charge is 2.15. The van der Waals surface area contributed by atoms with E-state index in [0.29, 0.717) is 14.2 Å². The summed E-state index contributed by atoms with van der Waals surface area (Å²) in [5.41, 5.74) is 2.95. The number of thiophene rings is 1. The fraction of sp³-hybridized carbons (Fsp3) is 0.176. The summed E-state index contributed by atoms with van der Waals surface area (Å²) in [7, 11) is 0. The average Bonchev–Trinajstić information content (AvgIpc) is 2.95. The predicted octanol–water partition coefficient (Wildman–Crippen LogP) is 4.55. The van der Waals surface area contributed by atoms with E-state index >= 15 is 0 Å². The van der Waals surface area contributed by atoms with Gasteiger partial charge in [-0.15, -0.1) is 21.5 Å². The van der Waals surface area contributed by atoms with Crippen molar-refractivity contribution < 1.29 is 4.79 Å². The minimum Gasteiger partial charge on any atom is -0.325 e. The molecule has 3 aromatic rings. The molecule has 3 rings (SSSR count). The zero-order valence-corrected chi connectivity index (χ0v) is 17.4. The van der Waals surface area contributed by atoms with Crippen molar-refractivity contribution in [2.24, 2.45) is 0 Å². The van der Waals surface area contributed by atoms with Crippen LogP contribution in [0.3, 0.4) is 0 Å². The quantitative estimate of drug-likeness (QED) is 0.568. The molecule has 1 amide bonds. The molecule has 0 saturated heterocycles. The van der Waals surface area contributed by atoms with Gasteiger partial charge in [0, 0.05) is 11.3 Å². The number of carbonyl (C=O) groups excluding carboxylic acids is 1. The molecule has 0 fully saturated rings. The Balaban J connectivity index is 1.67. The maximum Gasteiger partial charge on any atom is 0.278 e. The van der Waals surface area contributed by atoms with Crippen molar-refractivity contribution in [3.8, 4) is 11.3 Å². The highest BCUT2D eigenvalue weighted by atomic mass is 35.5. The van der Waals surface area contributed by atoms with Crippen LogP contribution in [-0.4, -0.2) is 26.8 Å². The van der Waals surface area contributed by atoms with Gasteiger partial charge < -0.3 is 5.32 Å². The number of hydrogen-bond acceptors (Lipinski definition) is 6. The molecule has 0 bridgehead atoms. The maximum absolute atomic E-state index is 12.3. The first kappa shape index (κ1) is 19.9. The summed E-state index contributed by atoms with van der Waals surface area (Å²) in [4.78, 5) is 27.0. The van der Waals surface area contributed by atoms with E-state index in [-0.39, 0.29) is 22.5 Å². The summed E-state index contributed by atoms with van der Waals surface area (Å²) in [6, 6.07) is 7.28. The van der Waals surface area contributed by atoms with Crippen LogP contribution >= 0.6 is 46.3 Å². The molecule has 6 nitrogen and oxygen atoms in total. The number of nitrogens with zero attached hydrogens (tertiary/aromatic N) is 2. The number of benzene rings is 1. The fourth-order valence-corrected chi connectivity index (χ4v) is 4.34. The smallest absolute Gasteiger partial charge is 0.278 e. The molecule has 0 saturated carbocycles. The number of aryl methyl sites for hydroxylation is 1. The molecule has 2 N–H and O–H groups in total. The number of carbonyl (C=O) groups is 1. The Kier molecular flexibility index (Phi) is 6.21. The third-order valence-corrected chi connectivity index (χ3v) is 6.16. The molecule has 0 spiro atoms. The third-order valence-electron chi connectivity index (χ3n) is 3.81. The molecule has 27 heavy (non-hydrogen) atoms. The van der Waals surface area contributed by atoms with Crippen LogP contribution in [-0.2, 0) is 4.79 Å². The molecule has 1 aromatic carbocycles. The number of nitrogens with one attached hydrogen (secondary N) is 2. The normalized spacial score (nSPS) is 10.8. The molecule has 0 atom stereocenters. The lowest BCUT2D eigenvalue weighted by atomic mass is 10.1. The molecule has 0 aliphatic rings. The van der Waals surface area contributed by atoms with Crippen molar-refractivity contribution in [1.29, 1.82) is 0 Å². The van der Waals surface area contributed by atoms with Gasteiger partial charge in [0.1, 0.15) is 4.34 Å². The lowest BCUT2D eigenvalue weighted by Crippen LogP contribution is -2.17. The molecular formula is C17H14Cl2N4O2S2. The fourth-order valence-electron chi connectivity index (χ4n) is 2.27. The van der Waals surface area contributed by atoms with E-state index in [4.69, 9.17) is 23.2 Å². The number of halogens is 2. The van der Waals surface area contributed by atoms with Gasteiger partial charge in [-0.1, -0.05) is 47.1 Å². The molecule has 2 aromatic heterocycles.